The molecule has 0 spiro atoms. The van der Waals surface area contributed by atoms with Crippen LogP contribution < -0.4 is 21.9 Å². The molecule has 0 fully saturated rings. The van der Waals surface area contributed by atoms with Crippen LogP contribution in [0.25, 0.3) is 0 Å². The van der Waals surface area contributed by atoms with Gasteiger partial charge in [0.25, 0.3) is 0 Å². The molecule has 0 saturated heterocycles. The lowest BCUT2D eigenvalue weighted by molar-refractivity contribution is -0.549. The number of hydrogen-bond donors (Lipinski definition) is 1. The molecule has 0 aromatic heterocycles. The zero-order chi connectivity index (χ0) is 26.6. The van der Waals surface area contributed by atoms with E-state index in [2.05, 4.69) is 23.6 Å². The number of rotatable bonds is 16. The van der Waals surface area contributed by atoms with Crippen LogP contribution in [0.5, 0.6) is 11.5 Å². The molecule has 1 aliphatic heterocycles. The number of fused-ring (bicyclic) bond motifs is 1. The lowest BCUT2D eigenvalue weighted by Gasteiger charge is -2.27. The molecule has 2 aromatic rings. The fraction of sp³-hybridized carbons (Fsp3) is 0.581. The molecule has 1 unspecified atom stereocenters. The first-order valence-electron chi connectivity index (χ1n) is 13.9. The topological polar surface area (TPSA) is 41.7 Å². The number of unbranched alkanes of at least 4 members (excludes halogenated alkanes) is 8. The second-order valence-electron chi connectivity index (χ2n) is 10.1. The Hall–Kier alpha value is -1.82. The van der Waals surface area contributed by atoms with Crippen molar-refractivity contribution in [2.45, 2.75) is 90.0 Å². The van der Waals surface area contributed by atoms with Crippen LogP contribution in [0.3, 0.4) is 0 Å². The fourth-order valence-corrected chi connectivity index (χ4v) is 5.60. The van der Waals surface area contributed by atoms with Gasteiger partial charge >= 0.3 is 0 Å². The summed E-state index contributed by atoms with van der Waals surface area (Å²) in [7, 11) is 3.30. The predicted molar refractivity (Wildman–Crippen MR) is 150 cm³/mol. The van der Waals surface area contributed by atoms with Crippen molar-refractivity contribution >= 4 is 17.3 Å². The highest BCUT2D eigenvalue weighted by molar-refractivity contribution is 6.30. The zero-order valence-electron chi connectivity index (χ0n) is 23.2. The van der Waals surface area contributed by atoms with Gasteiger partial charge in [0, 0.05) is 29.5 Å². The van der Waals surface area contributed by atoms with E-state index in [9.17, 15) is 9.50 Å². The van der Waals surface area contributed by atoms with Gasteiger partial charge in [0.1, 0.15) is 12.4 Å². The Morgan fingerprint density at radius 1 is 0.947 bits per heavy atom. The molecule has 1 heterocycles. The van der Waals surface area contributed by atoms with Crippen molar-refractivity contribution in [3.8, 4) is 11.5 Å². The predicted octanol–water partition coefficient (Wildman–Crippen LogP) is 4.90. The number of hydrogen-bond acceptors (Lipinski definition) is 3. The largest absolute Gasteiger partial charge is 1.00 e. The molecule has 212 valence electrons. The van der Waals surface area contributed by atoms with Crippen LogP contribution in [-0.4, -0.2) is 42.8 Å². The summed E-state index contributed by atoms with van der Waals surface area (Å²) in [5.41, 5.74) is 4.13. The second kappa shape index (κ2) is 17.0. The lowest BCUT2D eigenvalue weighted by atomic mass is 9.84. The van der Waals surface area contributed by atoms with Gasteiger partial charge in [-0.2, -0.15) is 0 Å². The number of halogens is 3. The van der Waals surface area contributed by atoms with Crippen LogP contribution in [0.4, 0.5) is 4.39 Å². The van der Waals surface area contributed by atoms with E-state index in [1.54, 1.807) is 26.4 Å². The maximum absolute atomic E-state index is 14.8. The highest BCUT2D eigenvalue weighted by atomic mass is 35.5. The number of methoxy groups -OCH3 is 2. The van der Waals surface area contributed by atoms with Gasteiger partial charge in [0.05, 0.1) is 19.8 Å². The van der Waals surface area contributed by atoms with E-state index in [0.29, 0.717) is 35.1 Å². The van der Waals surface area contributed by atoms with E-state index in [-0.39, 0.29) is 30.7 Å². The summed E-state index contributed by atoms with van der Waals surface area (Å²) in [4.78, 5) is 0. The van der Waals surface area contributed by atoms with Crippen molar-refractivity contribution in [2.75, 3.05) is 27.4 Å². The Bertz CT molecular complexity index is 1040. The van der Waals surface area contributed by atoms with Gasteiger partial charge < -0.3 is 27.0 Å². The molecule has 0 aliphatic carbocycles. The molecule has 4 nitrogen and oxygen atoms in total. The van der Waals surface area contributed by atoms with Crippen LogP contribution in [0.2, 0.25) is 5.02 Å². The summed E-state index contributed by atoms with van der Waals surface area (Å²) in [5.74, 6) is 1.21. The van der Waals surface area contributed by atoms with Crippen molar-refractivity contribution in [3.05, 3.63) is 57.9 Å². The Morgan fingerprint density at radius 3 is 2.18 bits per heavy atom. The fourth-order valence-electron chi connectivity index (χ4n) is 5.44. The van der Waals surface area contributed by atoms with Crippen LogP contribution in [0.15, 0.2) is 30.3 Å². The molecule has 7 heteroatoms. The number of nitrogens with zero attached hydrogens (tertiary/aromatic N) is 1. The minimum absolute atomic E-state index is 0. The number of aliphatic hydroxyl groups excluding tert-OH is 1. The average molecular weight is 569 g/mol. The third-order valence-corrected chi connectivity index (χ3v) is 7.74. The highest BCUT2D eigenvalue weighted by Gasteiger charge is 2.34. The highest BCUT2D eigenvalue weighted by Crippen LogP contribution is 2.38. The molecule has 0 radical (unpaired) electrons. The van der Waals surface area contributed by atoms with E-state index in [4.69, 9.17) is 21.1 Å². The first-order valence-corrected chi connectivity index (χ1v) is 14.3. The molecule has 0 amide bonds. The lowest BCUT2D eigenvalue weighted by Crippen LogP contribution is -3.00. The van der Waals surface area contributed by atoms with Crippen molar-refractivity contribution in [3.63, 3.8) is 0 Å². The Labute approximate surface area is 239 Å². The molecule has 3 rings (SSSR count). The molecule has 1 atom stereocenters. The SMILES string of the molecule is CCCCCCCCCCCC1=[N+](Cc2ccc(Cl)cc2F)CC(CCO)c2cc(OC)c(OC)cc21.[Cl-]. The molecular formula is C31H44Cl2FNO3. The summed E-state index contributed by atoms with van der Waals surface area (Å²) in [6, 6.07) is 9.03. The summed E-state index contributed by atoms with van der Waals surface area (Å²) < 4.78 is 28.3. The van der Waals surface area contributed by atoms with Gasteiger partial charge in [-0.3, -0.25) is 0 Å². The van der Waals surface area contributed by atoms with E-state index in [1.165, 1.54) is 68.7 Å². The minimum Gasteiger partial charge on any atom is -1.00 e. The van der Waals surface area contributed by atoms with Crippen molar-refractivity contribution < 1.29 is 36.0 Å². The van der Waals surface area contributed by atoms with Crippen LogP contribution >= 0.6 is 11.6 Å². The van der Waals surface area contributed by atoms with Gasteiger partial charge in [-0.05, 0) is 48.7 Å². The first-order chi connectivity index (χ1) is 18.0. The van der Waals surface area contributed by atoms with Gasteiger partial charge in [-0.1, -0.05) is 69.9 Å². The smallest absolute Gasteiger partial charge is 0.184 e. The molecular weight excluding hydrogens is 524 g/mol. The van der Waals surface area contributed by atoms with E-state index >= 15 is 0 Å². The Balaban J connectivity index is 0.00000507. The molecule has 0 bridgehead atoms. The van der Waals surface area contributed by atoms with E-state index in [0.717, 1.165) is 24.9 Å². The van der Waals surface area contributed by atoms with Crippen LogP contribution in [0, 0.1) is 5.82 Å². The van der Waals surface area contributed by atoms with Crippen LogP contribution in [0.1, 0.15) is 100 Å². The average Bonchev–Trinajstić information content (AvgIpc) is 2.89. The number of aliphatic hydroxyl groups is 1. The first kappa shape index (κ1) is 32.4. The maximum Gasteiger partial charge on any atom is 0.184 e. The third-order valence-electron chi connectivity index (χ3n) is 7.50. The molecule has 2 aromatic carbocycles. The van der Waals surface area contributed by atoms with Crippen molar-refractivity contribution in [1.29, 1.82) is 0 Å². The molecule has 1 N–H and O–H groups in total. The summed E-state index contributed by atoms with van der Waals surface area (Å²) in [5, 5.41) is 10.2. The molecule has 1 aliphatic rings. The summed E-state index contributed by atoms with van der Waals surface area (Å²) in [6.07, 6.45) is 13.0. The van der Waals surface area contributed by atoms with Crippen molar-refractivity contribution in [2.24, 2.45) is 0 Å². The third kappa shape index (κ3) is 8.86. The maximum atomic E-state index is 14.8. The number of ether oxygens (including phenoxy) is 2. The van der Waals surface area contributed by atoms with Gasteiger partial charge in [0.2, 0.25) is 0 Å². The standard InChI is InChI=1S/C31H44ClFNO3.ClH/c1-4-5-6-7-8-9-10-11-12-13-29-27-20-31(37-3)30(36-2)19-26(27)23(16-17-35)21-34(29)22-24-14-15-25(32)18-28(24)33;/h14-15,18-20,23,35H,4-13,16-17,21-22H2,1-3H3;1H/q+1;/p-1. The second-order valence-corrected chi connectivity index (χ2v) is 10.6. The summed E-state index contributed by atoms with van der Waals surface area (Å²) >= 11 is 6.01. The van der Waals surface area contributed by atoms with Gasteiger partial charge in [0.15, 0.2) is 23.8 Å². The van der Waals surface area contributed by atoms with Gasteiger partial charge in [-0.25, -0.2) is 8.97 Å². The van der Waals surface area contributed by atoms with E-state index < -0.39 is 0 Å². The number of benzene rings is 2. The Kier molecular flexibility index (Phi) is 14.5. The van der Waals surface area contributed by atoms with Crippen LogP contribution in [-0.2, 0) is 6.54 Å². The zero-order valence-corrected chi connectivity index (χ0v) is 24.7. The Morgan fingerprint density at radius 2 is 1.58 bits per heavy atom. The molecule has 0 saturated carbocycles. The molecule has 38 heavy (non-hydrogen) atoms. The van der Waals surface area contributed by atoms with E-state index in [1.807, 2.05) is 0 Å². The minimum atomic E-state index is -0.285. The quantitative estimate of drug-likeness (QED) is 0.231. The summed E-state index contributed by atoms with van der Waals surface area (Å²) in [6.45, 7) is 3.53. The van der Waals surface area contributed by atoms with Gasteiger partial charge in [-0.15, -0.1) is 0 Å². The normalized spacial score (nSPS) is 14.7. The van der Waals surface area contributed by atoms with Crippen molar-refractivity contribution in [1.82, 2.24) is 0 Å². The monoisotopic (exact) mass is 567 g/mol.